The molecule has 0 aromatic carbocycles. The van der Waals surface area contributed by atoms with Crippen molar-refractivity contribution in [1.29, 1.82) is 0 Å². The molecule has 7 heteroatoms. The highest BCUT2D eigenvalue weighted by Gasteiger charge is 2.40. The fourth-order valence-electron chi connectivity index (χ4n) is 0.500. The summed E-state index contributed by atoms with van der Waals surface area (Å²) in [6.45, 7) is 0. The fraction of sp³-hybridized carbons (Fsp3) is 1.00. The van der Waals surface area contributed by atoms with E-state index in [0.717, 1.165) is 10.5 Å². The average molecular weight is 214 g/mol. The quantitative estimate of drug-likeness (QED) is 0.557. The minimum atomic E-state index is -2.69. The average Bonchev–Trinajstić information content (AvgIpc) is 2.11. The van der Waals surface area contributed by atoms with Crippen LogP contribution in [0, 0.1) is 0 Å². The van der Waals surface area contributed by atoms with Crippen LogP contribution in [0.25, 0.3) is 0 Å². The van der Waals surface area contributed by atoms with Crippen molar-refractivity contribution in [3.8, 4) is 0 Å². The van der Waals surface area contributed by atoms with E-state index in [0.29, 0.717) is 0 Å². The maximum atomic E-state index is 4.86. The molecule has 0 saturated carbocycles. The second kappa shape index (κ2) is 9.32. The molecule has 0 radical (unpaired) electrons. The van der Waals surface area contributed by atoms with Crippen molar-refractivity contribution in [2.45, 2.75) is 0 Å². The van der Waals surface area contributed by atoms with Crippen molar-refractivity contribution in [3.63, 3.8) is 0 Å². The number of hydrogen-bond donors (Lipinski definition) is 0. The van der Waals surface area contributed by atoms with E-state index in [-0.39, 0.29) is 0 Å². The predicted octanol–water partition coefficient (Wildman–Crippen LogP) is -1.08. The van der Waals surface area contributed by atoms with E-state index in [1.165, 1.54) is 28.4 Å². The molecule has 0 saturated heterocycles. The van der Waals surface area contributed by atoms with Crippen LogP contribution < -0.4 is 0 Å². The van der Waals surface area contributed by atoms with Crippen molar-refractivity contribution in [3.05, 3.63) is 0 Å². The summed E-state index contributed by atoms with van der Waals surface area (Å²) >= 11 is 0. The van der Waals surface area contributed by atoms with Crippen LogP contribution in [-0.2, 0) is 22.1 Å². The van der Waals surface area contributed by atoms with Crippen molar-refractivity contribution in [2.75, 3.05) is 35.5 Å². The molecule has 0 spiro atoms. The van der Waals surface area contributed by atoms with Crippen molar-refractivity contribution in [1.82, 2.24) is 0 Å². The van der Waals surface area contributed by atoms with Gasteiger partial charge in [0, 0.05) is 35.5 Å². The Hall–Kier alpha value is 0.234. The van der Waals surface area contributed by atoms with E-state index >= 15 is 0 Å². The Morgan fingerprint density at radius 2 is 0.917 bits per heavy atom. The predicted molar refractivity (Wildman–Crippen MR) is 50.7 cm³/mol. The zero-order valence-corrected chi connectivity index (χ0v) is 11.5. The maximum absolute atomic E-state index is 4.86. The first kappa shape index (κ1) is 14.7. The van der Waals surface area contributed by atoms with Crippen molar-refractivity contribution in [2.24, 2.45) is 0 Å². The number of hydrogen-bond acceptors (Lipinski definition) is 5. The molecule has 5 nitrogen and oxygen atoms in total. The topological polar surface area (TPSA) is 46.2 Å². The third-order valence-electron chi connectivity index (χ3n) is 1.00. The second-order valence-corrected chi connectivity index (χ2v) is 5.17. The molecular formula is C5H18O5Si2. The van der Waals surface area contributed by atoms with Gasteiger partial charge in [-0.25, -0.2) is 0 Å². The second-order valence-electron chi connectivity index (χ2n) is 1.72. The van der Waals surface area contributed by atoms with Gasteiger partial charge >= 0.3 is 9.05 Å². The summed E-state index contributed by atoms with van der Waals surface area (Å²) in [4.78, 5) is 0. The molecule has 12 heavy (non-hydrogen) atoms. The molecule has 0 amide bonds. The molecule has 0 fully saturated rings. The lowest BCUT2D eigenvalue weighted by molar-refractivity contribution is 0.0226. The van der Waals surface area contributed by atoms with Crippen LogP contribution in [0.1, 0.15) is 0 Å². The molecule has 0 aliphatic carbocycles. The van der Waals surface area contributed by atoms with E-state index in [1.807, 2.05) is 0 Å². The molecule has 0 aromatic heterocycles. The molecule has 0 heterocycles. The van der Waals surface area contributed by atoms with Crippen molar-refractivity contribution < 1.29 is 22.1 Å². The SMILES string of the molecule is CO[SiH3].CO[Si](OC)(OC)OC. The Balaban J connectivity index is 0. The lowest BCUT2D eigenvalue weighted by atomic mass is 11.8. The van der Waals surface area contributed by atoms with Gasteiger partial charge in [-0.05, 0) is 0 Å². The molecule has 0 unspecified atom stereocenters. The Morgan fingerprint density at radius 1 is 0.750 bits per heavy atom. The Bertz CT molecular complexity index is 70.4. The smallest absolute Gasteiger partial charge is 0.431 e. The fourth-order valence-corrected chi connectivity index (χ4v) is 1.50. The monoisotopic (exact) mass is 214 g/mol. The standard InChI is InChI=1S/C4H12O4Si.CH6OSi/c1-5-9(6-2,7-3)8-4;1-2-3/h1-4H3;1,3H3. The third kappa shape index (κ3) is 5.83. The van der Waals surface area contributed by atoms with Gasteiger partial charge in [0.05, 0.1) is 0 Å². The Labute approximate surface area is 77.9 Å². The van der Waals surface area contributed by atoms with Gasteiger partial charge in [0.2, 0.25) is 0 Å². The van der Waals surface area contributed by atoms with Gasteiger partial charge < -0.3 is 22.1 Å². The highest BCUT2D eigenvalue weighted by Crippen LogP contribution is 2.04. The summed E-state index contributed by atoms with van der Waals surface area (Å²) in [7, 11) is 5.82. The van der Waals surface area contributed by atoms with Gasteiger partial charge in [0.1, 0.15) is 10.5 Å². The molecule has 0 aromatic rings. The summed E-state index contributed by atoms with van der Waals surface area (Å²) in [6.07, 6.45) is 0. The lowest BCUT2D eigenvalue weighted by Gasteiger charge is -2.19. The van der Waals surface area contributed by atoms with Gasteiger partial charge in [-0.2, -0.15) is 0 Å². The zero-order valence-electron chi connectivity index (χ0n) is 8.54. The Morgan fingerprint density at radius 3 is 0.917 bits per heavy atom. The summed E-state index contributed by atoms with van der Waals surface area (Å²) < 4.78 is 23.8. The van der Waals surface area contributed by atoms with Gasteiger partial charge in [0.25, 0.3) is 0 Å². The molecule has 0 atom stereocenters. The van der Waals surface area contributed by atoms with Crippen LogP contribution in [0.15, 0.2) is 0 Å². The van der Waals surface area contributed by atoms with E-state index < -0.39 is 9.05 Å². The van der Waals surface area contributed by atoms with Gasteiger partial charge in [-0.1, -0.05) is 0 Å². The van der Waals surface area contributed by atoms with E-state index in [1.54, 1.807) is 7.11 Å². The van der Waals surface area contributed by atoms with Crippen LogP contribution in [0.4, 0.5) is 0 Å². The molecular weight excluding hydrogens is 196 g/mol. The van der Waals surface area contributed by atoms with Crippen LogP contribution in [0.5, 0.6) is 0 Å². The first-order chi connectivity index (χ1) is 5.66. The molecule has 0 N–H and O–H groups in total. The van der Waals surface area contributed by atoms with Crippen LogP contribution >= 0.6 is 0 Å². The highest BCUT2D eigenvalue weighted by atomic mass is 28.4. The third-order valence-corrected chi connectivity index (χ3v) is 3.00. The summed E-state index contributed by atoms with van der Waals surface area (Å²) in [6, 6.07) is 0. The summed E-state index contributed by atoms with van der Waals surface area (Å²) in [5.41, 5.74) is 0. The summed E-state index contributed by atoms with van der Waals surface area (Å²) in [5, 5.41) is 0. The first-order valence-corrected chi connectivity index (χ1v) is 5.72. The number of rotatable bonds is 4. The molecule has 0 aliphatic rings. The van der Waals surface area contributed by atoms with Crippen LogP contribution in [0.3, 0.4) is 0 Å². The van der Waals surface area contributed by atoms with Gasteiger partial charge in [0.15, 0.2) is 0 Å². The Kier molecular flexibility index (Phi) is 11.5. The molecule has 0 bridgehead atoms. The first-order valence-electron chi connectivity index (χ1n) is 3.27. The normalized spacial score (nSPS) is 10.8. The lowest BCUT2D eigenvalue weighted by Crippen LogP contribution is -2.45. The maximum Gasteiger partial charge on any atom is 0.678 e. The summed E-state index contributed by atoms with van der Waals surface area (Å²) in [5.74, 6) is 0. The molecule has 0 aliphatic heterocycles. The van der Waals surface area contributed by atoms with Crippen molar-refractivity contribution >= 4 is 19.5 Å². The molecule has 76 valence electrons. The van der Waals surface area contributed by atoms with E-state index in [2.05, 4.69) is 4.43 Å². The van der Waals surface area contributed by atoms with Gasteiger partial charge in [-0.3, -0.25) is 0 Å². The minimum absolute atomic E-state index is 0.869. The van der Waals surface area contributed by atoms with E-state index in [9.17, 15) is 0 Å². The zero-order chi connectivity index (χ0) is 10.0. The van der Waals surface area contributed by atoms with E-state index in [4.69, 9.17) is 17.7 Å². The molecule has 0 rings (SSSR count). The van der Waals surface area contributed by atoms with Crippen LogP contribution in [-0.4, -0.2) is 55.1 Å². The van der Waals surface area contributed by atoms with Crippen LogP contribution in [0.2, 0.25) is 0 Å². The van der Waals surface area contributed by atoms with Gasteiger partial charge in [-0.15, -0.1) is 0 Å². The minimum Gasteiger partial charge on any atom is -0.431 e. The largest absolute Gasteiger partial charge is 0.678 e. The highest BCUT2D eigenvalue weighted by molar-refractivity contribution is 6.53.